The van der Waals surface area contributed by atoms with Gasteiger partial charge in [-0.2, -0.15) is 0 Å². The summed E-state index contributed by atoms with van der Waals surface area (Å²) in [5, 5.41) is 14.4. The second-order valence-corrected chi connectivity index (χ2v) is 10.1. The van der Waals surface area contributed by atoms with E-state index < -0.39 is 17.4 Å². The van der Waals surface area contributed by atoms with Crippen LogP contribution in [-0.4, -0.2) is 66.8 Å². The number of ether oxygens (including phenoxy) is 1. The van der Waals surface area contributed by atoms with Crippen molar-refractivity contribution in [3.8, 4) is 0 Å². The Labute approximate surface area is 230 Å². The third kappa shape index (κ3) is 6.44. The molecule has 2 aliphatic rings. The minimum atomic E-state index is -1.02. The number of likely N-dealkylation sites (N-methyl/N-ethyl adjacent to an activating group) is 1. The van der Waals surface area contributed by atoms with Crippen LogP contribution in [0.25, 0.3) is 10.8 Å². The summed E-state index contributed by atoms with van der Waals surface area (Å²) in [6, 6.07) is 20.3. The van der Waals surface area contributed by atoms with Crippen LogP contribution in [0.2, 0.25) is 0 Å². The molecule has 1 aliphatic heterocycles. The standard InChI is InChI=1S/C29H33FN2O3.2ClH/c1-31-14-16-32(17-15-31)20-24-19-25(35-28(33)26-8-4-5-9-27(26)30)12-13-29(24,34)23-11-10-21-6-2-3-7-22(21)18-23;;/h2-11,18,24-25,34H,12-17,19-20H2,1H3;2*1H. The molecule has 8 heteroatoms. The molecule has 0 amide bonds. The summed E-state index contributed by atoms with van der Waals surface area (Å²) in [6.07, 6.45) is 1.19. The normalized spacial score (nSPS) is 24.6. The second-order valence-electron chi connectivity index (χ2n) is 10.1. The summed E-state index contributed by atoms with van der Waals surface area (Å²) in [4.78, 5) is 17.4. The Hall–Kier alpha value is -2.22. The van der Waals surface area contributed by atoms with Crippen molar-refractivity contribution in [2.24, 2.45) is 5.92 Å². The van der Waals surface area contributed by atoms with Gasteiger partial charge >= 0.3 is 5.97 Å². The predicted octanol–water partition coefficient (Wildman–Crippen LogP) is 5.28. The van der Waals surface area contributed by atoms with E-state index in [9.17, 15) is 14.3 Å². The summed E-state index contributed by atoms with van der Waals surface area (Å²) < 4.78 is 19.9. The monoisotopic (exact) mass is 548 g/mol. The van der Waals surface area contributed by atoms with E-state index in [0.717, 1.165) is 49.1 Å². The number of carbonyl (C=O) groups is 1. The first kappa shape index (κ1) is 29.3. The number of nitrogens with zero attached hydrogens (tertiary/aromatic N) is 2. The van der Waals surface area contributed by atoms with Gasteiger partial charge in [0.25, 0.3) is 0 Å². The maximum Gasteiger partial charge on any atom is 0.341 e. The number of rotatable bonds is 5. The molecular weight excluding hydrogens is 514 g/mol. The Balaban J connectivity index is 0.00000190. The van der Waals surface area contributed by atoms with Crippen molar-refractivity contribution < 1.29 is 19.0 Å². The molecule has 0 bridgehead atoms. The quantitative estimate of drug-likeness (QED) is 0.439. The molecule has 5 nitrogen and oxygen atoms in total. The summed E-state index contributed by atoms with van der Waals surface area (Å²) in [6.45, 7) is 4.60. The van der Waals surface area contributed by atoms with Crippen molar-refractivity contribution in [2.45, 2.75) is 31.0 Å². The van der Waals surface area contributed by atoms with Crippen LogP contribution in [0.5, 0.6) is 0 Å². The number of hydrogen-bond donors (Lipinski definition) is 1. The maximum absolute atomic E-state index is 14.1. The van der Waals surface area contributed by atoms with Gasteiger partial charge in [0.1, 0.15) is 11.9 Å². The van der Waals surface area contributed by atoms with E-state index in [4.69, 9.17) is 4.74 Å². The zero-order valence-corrected chi connectivity index (χ0v) is 22.6. The number of halogens is 3. The van der Waals surface area contributed by atoms with Crippen LogP contribution in [0.1, 0.15) is 35.2 Å². The van der Waals surface area contributed by atoms with Gasteiger partial charge < -0.3 is 19.6 Å². The molecule has 1 heterocycles. The molecule has 1 N–H and O–H groups in total. The Kier molecular flexibility index (Phi) is 9.95. The van der Waals surface area contributed by atoms with Crippen LogP contribution in [0.3, 0.4) is 0 Å². The van der Waals surface area contributed by atoms with E-state index in [1.807, 2.05) is 18.2 Å². The number of fused-ring (bicyclic) bond motifs is 1. The zero-order valence-electron chi connectivity index (χ0n) is 21.0. The molecule has 0 radical (unpaired) electrons. The first-order valence-corrected chi connectivity index (χ1v) is 12.5. The Bertz CT molecular complexity index is 1200. The number of aliphatic hydroxyl groups is 1. The van der Waals surface area contributed by atoms with Crippen molar-refractivity contribution in [3.05, 3.63) is 83.7 Å². The fourth-order valence-corrected chi connectivity index (χ4v) is 5.57. The highest BCUT2D eigenvalue weighted by Crippen LogP contribution is 2.44. The number of piperazine rings is 1. The van der Waals surface area contributed by atoms with E-state index in [1.165, 1.54) is 12.1 Å². The Morgan fingerprint density at radius 2 is 1.68 bits per heavy atom. The molecular formula is C29H35Cl2FN2O3. The molecule has 3 aromatic rings. The van der Waals surface area contributed by atoms with Gasteiger partial charge in [0, 0.05) is 38.6 Å². The molecule has 5 rings (SSSR count). The third-order valence-corrected chi connectivity index (χ3v) is 7.76. The molecule has 2 fully saturated rings. The molecule has 200 valence electrons. The van der Waals surface area contributed by atoms with Crippen LogP contribution < -0.4 is 0 Å². The summed E-state index contributed by atoms with van der Waals surface area (Å²) in [5.41, 5.74) is -0.151. The molecule has 0 spiro atoms. The lowest BCUT2D eigenvalue weighted by Crippen LogP contribution is -2.52. The molecule has 3 atom stereocenters. The number of hydrogen-bond acceptors (Lipinski definition) is 5. The lowest BCUT2D eigenvalue weighted by Gasteiger charge is -2.46. The topological polar surface area (TPSA) is 53.0 Å². The predicted molar refractivity (Wildman–Crippen MR) is 149 cm³/mol. The average molecular weight is 550 g/mol. The summed E-state index contributed by atoms with van der Waals surface area (Å²) in [5.74, 6) is -1.32. The van der Waals surface area contributed by atoms with Crippen molar-refractivity contribution in [1.82, 2.24) is 9.80 Å². The van der Waals surface area contributed by atoms with Crippen molar-refractivity contribution in [2.75, 3.05) is 39.8 Å². The minimum Gasteiger partial charge on any atom is -0.459 e. The fourth-order valence-electron chi connectivity index (χ4n) is 5.57. The summed E-state index contributed by atoms with van der Waals surface area (Å²) in [7, 11) is 2.13. The average Bonchev–Trinajstić information content (AvgIpc) is 2.87. The van der Waals surface area contributed by atoms with Gasteiger partial charge in [-0.15, -0.1) is 24.8 Å². The van der Waals surface area contributed by atoms with E-state index in [0.29, 0.717) is 19.3 Å². The van der Waals surface area contributed by atoms with Crippen LogP contribution >= 0.6 is 24.8 Å². The van der Waals surface area contributed by atoms with Gasteiger partial charge in [0.15, 0.2) is 0 Å². The van der Waals surface area contributed by atoms with Crippen LogP contribution in [0, 0.1) is 11.7 Å². The van der Waals surface area contributed by atoms with Gasteiger partial charge in [-0.05, 0) is 60.8 Å². The molecule has 1 aliphatic carbocycles. The van der Waals surface area contributed by atoms with Gasteiger partial charge in [-0.25, -0.2) is 9.18 Å². The number of esters is 1. The highest BCUT2D eigenvalue weighted by Gasteiger charge is 2.45. The zero-order chi connectivity index (χ0) is 24.4. The van der Waals surface area contributed by atoms with Crippen molar-refractivity contribution >= 4 is 41.6 Å². The summed E-state index contributed by atoms with van der Waals surface area (Å²) >= 11 is 0. The fraction of sp³-hybridized carbons (Fsp3) is 0.414. The van der Waals surface area contributed by atoms with Crippen LogP contribution in [0.4, 0.5) is 4.39 Å². The first-order chi connectivity index (χ1) is 16.9. The smallest absolute Gasteiger partial charge is 0.341 e. The third-order valence-electron chi connectivity index (χ3n) is 7.76. The molecule has 1 saturated heterocycles. The van der Waals surface area contributed by atoms with Crippen LogP contribution in [0.15, 0.2) is 66.7 Å². The van der Waals surface area contributed by atoms with Crippen molar-refractivity contribution in [1.29, 1.82) is 0 Å². The largest absolute Gasteiger partial charge is 0.459 e. The van der Waals surface area contributed by atoms with E-state index in [1.54, 1.807) is 12.1 Å². The molecule has 3 aromatic carbocycles. The van der Waals surface area contributed by atoms with E-state index >= 15 is 0 Å². The molecule has 3 unspecified atom stereocenters. The van der Waals surface area contributed by atoms with Crippen LogP contribution in [-0.2, 0) is 10.3 Å². The first-order valence-electron chi connectivity index (χ1n) is 12.5. The Morgan fingerprint density at radius 3 is 2.41 bits per heavy atom. The van der Waals surface area contributed by atoms with E-state index in [2.05, 4.69) is 41.1 Å². The lowest BCUT2D eigenvalue weighted by molar-refractivity contribution is -0.100. The van der Waals surface area contributed by atoms with Crippen molar-refractivity contribution in [3.63, 3.8) is 0 Å². The van der Waals surface area contributed by atoms with Gasteiger partial charge in [-0.1, -0.05) is 48.5 Å². The Morgan fingerprint density at radius 1 is 1.00 bits per heavy atom. The molecule has 0 aromatic heterocycles. The molecule has 37 heavy (non-hydrogen) atoms. The van der Waals surface area contributed by atoms with Gasteiger partial charge in [0.05, 0.1) is 11.2 Å². The van der Waals surface area contributed by atoms with Gasteiger partial charge in [-0.3, -0.25) is 0 Å². The SMILES string of the molecule is CN1CCN(CC2CC(OC(=O)c3ccccc3F)CCC2(O)c2ccc3ccccc3c2)CC1.Cl.Cl. The minimum absolute atomic E-state index is 0. The number of carbonyl (C=O) groups excluding carboxylic acids is 1. The highest BCUT2D eigenvalue weighted by atomic mass is 35.5. The van der Waals surface area contributed by atoms with Gasteiger partial charge in [0.2, 0.25) is 0 Å². The second kappa shape index (κ2) is 12.5. The number of benzene rings is 3. The molecule has 1 saturated carbocycles. The van der Waals surface area contributed by atoms with E-state index in [-0.39, 0.29) is 42.4 Å². The maximum atomic E-state index is 14.1. The highest BCUT2D eigenvalue weighted by molar-refractivity contribution is 5.89. The lowest BCUT2D eigenvalue weighted by atomic mass is 9.70.